The fourth-order valence-electron chi connectivity index (χ4n) is 2.31. The van der Waals surface area contributed by atoms with Gasteiger partial charge in [0.15, 0.2) is 0 Å². The molecule has 4 heteroatoms. The normalized spacial score (nSPS) is 14.1. The molecule has 0 spiro atoms. The van der Waals surface area contributed by atoms with Crippen molar-refractivity contribution < 1.29 is 0 Å². The maximum atomic E-state index is 6.11. The van der Waals surface area contributed by atoms with Crippen molar-refractivity contribution in [1.29, 1.82) is 0 Å². The Bertz CT molecular complexity index is 552. The number of nitrogens with zero attached hydrogens (tertiary/aromatic N) is 1. The highest BCUT2D eigenvalue weighted by molar-refractivity contribution is 9.10. The van der Waals surface area contributed by atoms with Crippen LogP contribution >= 0.6 is 27.3 Å². The quantitative estimate of drug-likeness (QED) is 0.851. The topological polar surface area (TPSA) is 29.3 Å². The summed E-state index contributed by atoms with van der Waals surface area (Å²) >= 11 is 5.34. The third-order valence-electron chi connectivity index (χ3n) is 3.60. The van der Waals surface area contributed by atoms with E-state index in [9.17, 15) is 0 Å². The number of rotatable bonds is 5. The van der Waals surface area contributed by atoms with E-state index >= 15 is 0 Å². The molecule has 0 bridgehead atoms. The molecule has 2 atom stereocenters. The van der Waals surface area contributed by atoms with E-state index in [1.165, 1.54) is 16.1 Å². The van der Waals surface area contributed by atoms with Crippen molar-refractivity contribution in [3.63, 3.8) is 0 Å². The van der Waals surface area contributed by atoms with Crippen molar-refractivity contribution in [1.82, 2.24) is 0 Å². The number of likely N-dealkylation sites (N-methyl/N-ethyl adjacent to an activating group) is 1. The van der Waals surface area contributed by atoms with Crippen molar-refractivity contribution in [3.05, 3.63) is 50.6 Å². The maximum absolute atomic E-state index is 6.11. The minimum absolute atomic E-state index is 0.0267. The van der Waals surface area contributed by atoms with E-state index in [0.717, 1.165) is 10.9 Å². The lowest BCUT2D eigenvalue weighted by molar-refractivity contribution is 0.679. The van der Waals surface area contributed by atoms with E-state index < -0.39 is 0 Å². The van der Waals surface area contributed by atoms with Crippen LogP contribution in [0.1, 0.15) is 30.3 Å². The van der Waals surface area contributed by atoms with Gasteiger partial charge < -0.3 is 10.6 Å². The molecule has 1 heterocycles. The number of nitrogens with two attached hydrogens (primary N) is 1. The predicted molar refractivity (Wildman–Crippen MR) is 92.6 cm³/mol. The first-order chi connectivity index (χ1) is 9.49. The molecule has 2 N–H and O–H groups in total. The van der Waals surface area contributed by atoms with Gasteiger partial charge in [0.05, 0.1) is 0 Å². The maximum Gasteiger partial charge on any atom is 0.0415 e. The second-order valence-corrected chi connectivity index (χ2v) is 7.18. The first-order valence-corrected chi connectivity index (χ1v) is 8.46. The Morgan fingerprint density at radius 3 is 2.65 bits per heavy atom. The highest BCUT2D eigenvalue weighted by Gasteiger charge is 2.16. The number of benzene rings is 1. The SMILES string of the molecule is CC(N)c1cc(Br)ccc1N(C)C(C)Cc1cccs1. The molecule has 108 valence electrons. The molecule has 0 saturated heterocycles. The largest absolute Gasteiger partial charge is 0.371 e. The van der Waals surface area contributed by atoms with Crippen molar-refractivity contribution >= 4 is 33.0 Å². The lowest BCUT2D eigenvalue weighted by Crippen LogP contribution is -2.31. The first kappa shape index (κ1) is 15.5. The van der Waals surface area contributed by atoms with E-state index in [-0.39, 0.29) is 6.04 Å². The number of thiophene rings is 1. The fraction of sp³-hybridized carbons (Fsp3) is 0.375. The van der Waals surface area contributed by atoms with Crippen LogP contribution in [0.15, 0.2) is 40.2 Å². The third kappa shape index (κ3) is 3.62. The van der Waals surface area contributed by atoms with E-state index in [4.69, 9.17) is 5.73 Å². The zero-order chi connectivity index (χ0) is 14.7. The molecule has 0 saturated carbocycles. The number of halogens is 1. The van der Waals surface area contributed by atoms with Crippen LogP contribution in [0.2, 0.25) is 0 Å². The van der Waals surface area contributed by atoms with E-state index in [0.29, 0.717) is 6.04 Å². The Morgan fingerprint density at radius 2 is 2.05 bits per heavy atom. The molecule has 20 heavy (non-hydrogen) atoms. The van der Waals surface area contributed by atoms with Crippen LogP contribution in [-0.4, -0.2) is 13.1 Å². The molecule has 0 fully saturated rings. The van der Waals surface area contributed by atoms with Crippen molar-refractivity contribution in [2.45, 2.75) is 32.4 Å². The second-order valence-electron chi connectivity index (χ2n) is 5.24. The standard InChI is InChI=1S/C16H21BrN2S/c1-11(9-14-5-4-8-20-14)19(3)16-7-6-13(17)10-15(16)12(2)18/h4-8,10-12H,9,18H2,1-3H3. The van der Waals surface area contributed by atoms with Gasteiger partial charge in [0, 0.05) is 40.6 Å². The number of hydrogen-bond acceptors (Lipinski definition) is 3. The van der Waals surface area contributed by atoms with Crippen LogP contribution in [0.4, 0.5) is 5.69 Å². The van der Waals surface area contributed by atoms with Crippen molar-refractivity contribution in [2.24, 2.45) is 5.73 Å². The summed E-state index contributed by atoms with van der Waals surface area (Å²) in [6, 6.07) is 11.1. The Morgan fingerprint density at radius 1 is 1.30 bits per heavy atom. The smallest absolute Gasteiger partial charge is 0.0415 e. The molecule has 0 aliphatic heterocycles. The minimum atomic E-state index is 0.0267. The van der Waals surface area contributed by atoms with Gasteiger partial charge in [-0.05, 0) is 49.1 Å². The summed E-state index contributed by atoms with van der Waals surface area (Å²) in [5.41, 5.74) is 8.51. The predicted octanol–water partition coefficient (Wildman–Crippen LogP) is 4.60. The van der Waals surface area contributed by atoms with Crippen LogP contribution < -0.4 is 10.6 Å². The van der Waals surface area contributed by atoms with Crippen LogP contribution in [-0.2, 0) is 6.42 Å². The average Bonchev–Trinajstić information content (AvgIpc) is 2.90. The van der Waals surface area contributed by atoms with Crippen LogP contribution in [0.3, 0.4) is 0 Å². The van der Waals surface area contributed by atoms with Crippen LogP contribution in [0.25, 0.3) is 0 Å². The van der Waals surface area contributed by atoms with Crippen molar-refractivity contribution in [3.8, 4) is 0 Å². The highest BCUT2D eigenvalue weighted by Crippen LogP contribution is 2.29. The number of hydrogen-bond donors (Lipinski definition) is 1. The molecular formula is C16H21BrN2S. The molecule has 2 nitrogen and oxygen atoms in total. The van der Waals surface area contributed by atoms with Gasteiger partial charge in [-0.2, -0.15) is 0 Å². The zero-order valence-electron chi connectivity index (χ0n) is 12.1. The van der Waals surface area contributed by atoms with Crippen molar-refractivity contribution in [2.75, 3.05) is 11.9 Å². The van der Waals surface area contributed by atoms with Gasteiger partial charge in [-0.15, -0.1) is 11.3 Å². The van der Waals surface area contributed by atoms with Crippen LogP contribution in [0, 0.1) is 0 Å². The number of anilines is 1. The Balaban J connectivity index is 2.21. The second kappa shape index (κ2) is 6.74. The summed E-state index contributed by atoms with van der Waals surface area (Å²) in [4.78, 5) is 3.74. The molecule has 1 aromatic carbocycles. The zero-order valence-corrected chi connectivity index (χ0v) is 14.5. The lowest BCUT2D eigenvalue weighted by Gasteiger charge is -2.30. The molecule has 0 aliphatic rings. The van der Waals surface area contributed by atoms with Gasteiger partial charge in [0.1, 0.15) is 0 Å². The fourth-order valence-corrected chi connectivity index (χ4v) is 3.51. The molecule has 0 amide bonds. The summed E-state index contributed by atoms with van der Waals surface area (Å²) < 4.78 is 1.08. The van der Waals surface area contributed by atoms with E-state index in [1.807, 2.05) is 18.3 Å². The summed E-state index contributed by atoms with van der Waals surface area (Å²) in [6.07, 6.45) is 1.06. The Labute approximate surface area is 133 Å². The summed E-state index contributed by atoms with van der Waals surface area (Å²) in [5.74, 6) is 0. The monoisotopic (exact) mass is 352 g/mol. The van der Waals surface area contributed by atoms with Gasteiger partial charge in [-0.3, -0.25) is 0 Å². The van der Waals surface area contributed by atoms with E-state index in [2.05, 4.69) is 70.5 Å². The van der Waals surface area contributed by atoms with Gasteiger partial charge in [0.25, 0.3) is 0 Å². The Kier molecular flexibility index (Phi) is 5.24. The molecule has 1 aromatic heterocycles. The van der Waals surface area contributed by atoms with Gasteiger partial charge in [-0.1, -0.05) is 22.0 Å². The van der Waals surface area contributed by atoms with Gasteiger partial charge in [-0.25, -0.2) is 0 Å². The highest BCUT2D eigenvalue weighted by atomic mass is 79.9. The van der Waals surface area contributed by atoms with Crippen LogP contribution in [0.5, 0.6) is 0 Å². The summed E-state index contributed by atoms with van der Waals surface area (Å²) in [5, 5.41) is 2.13. The minimum Gasteiger partial charge on any atom is -0.371 e. The molecule has 2 unspecified atom stereocenters. The third-order valence-corrected chi connectivity index (χ3v) is 4.99. The molecular weight excluding hydrogens is 332 g/mol. The lowest BCUT2D eigenvalue weighted by atomic mass is 10.0. The summed E-state index contributed by atoms with van der Waals surface area (Å²) in [7, 11) is 2.15. The molecule has 0 radical (unpaired) electrons. The Hall–Kier alpha value is -0.840. The molecule has 2 aromatic rings. The molecule has 0 aliphatic carbocycles. The molecule has 2 rings (SSSR count). The van der Waals surface area contributed by atoms with Gasteiger partial charge >= 0.3 is 0 Å². The van der Waals surface area contributed by atoms with E-state index in [1.54, 1.807) is 0 Å². The summed E-state index contributed by atoms with van der Waals surface area (Å²) in [6.45, 7) is 4.29. The average molecular weight is 353 g/mol. The first-order valence-electron chi connectivity index (χ1n) is 6.79. The van der Waals surface area contributed by atoms with Gasteiger partial charge in [0.2, 0.25) is 0 Å².